The molecule has 0 radical (unpaired) electrons. The van der Waals surface area contributed by atoms with Crippen molar-refractivity contribution in [3.8, 4) is 5.75 Å². The molecule has 0 bridgehead atoms. The zero-order valence-electron chi connectivity index (χ0n) is 14.4. The minimum Gasteiger partial charge on any atom is -0.495 e. The zero-order chi connectivity index (χ0) is 17.7. The highest BCUT2D eigenvalue weighted by Crippen LogP contribution is 2.26. The molecule has 0 amide bonds. The molecule has 1 aliphatic heterocycles. The lowest BCUT2D eigenvalue weighted by Crippen LogP contribution is -2.31. The van der Waals surface area contributed by atoms with Gasteiger partial charge in [0.05, 0.1) is 7.11 Å². The Bertz CT molecular complexity index is 815. The van der Waals surface area contributed by atoms with Crippen LogP contribution in [0.25, 0.3) is 0 Å². The molecule has 0 atom stereocenters. The Morgan fingerprint density at radius 2 is 1.68 bits per heavy atom. The Kier molecular flexibility index (Phi) is 5.60. The van der Waals surface area contributed by atoms with Gasteiger partial charge in [-0.15, -0.1) is 0 Å². The number of nitrogens with zero attached hydrogens (tertiary/aromatic N) is 1. The number of hydrogen-bond donors (Lipinski definition) is 1. The van der Waals surface area contributed by atoms with Gasteiger partial charge >= 0.3 is 0 Å². The summed E-state index contributed by atoms with van der Waals surface area (Å²) in [6.45, 7) is 2.31. The van der Waals surface area contributed by atoms with E-state index in [4.69, 9.17) is 4.74 Å². The topological polar surface area (TPSA) is 58.6 Å². The van der Waals surface area contributed by atoms with Crippen molar-refractivity contribution in [3.05, 3.63) is 54.1 Å². The van der Waals surface area contributed by atoms with Crippen molar-refractivity contribution in [1.82, 2.24) is 4.72 Å². The number of hydrogen-bond acceptors (Lipinski definition) is 4. The Labute approximate surface area is 149 Å². The molecule has 6 heteroatoms. The van der Waals surface area contributed by atoms with Crippen molar-refractivity contribution in [2.75, 3.05) is 25.1 Å². The molecule has 3 rings (SSSR count). The molecular formula is C19H24N2O3S. The highest BCUT2D eigenvalue weighted by Gasteiger charge is 2.20. The molecule has 25 heavy (non-hydrogen) atoms. The lowest BCUT2D eigenvalue weighted by molar-refractivity contribution is 0.402. The highest BCUT2D eigenvalue weighted by atomic mass is 32.2. The molecule has 1 fully saturated rings. The fraction of sp³-hybridized carbons (Fsp3) is 0.368. The van der Waals surface area contributed by atoms with E-state index in [2.05, 4.69) is 15.7 Å². The second-order valence-electron chi connectivity index (χ2n) is 6.15. The van der Waals surface area contributed by atoms with Crippen LogP contribution in [0, 0.1) is 0 Å². The molecule has 134 valence electrons. The van der Waals surface area contributed by atoms with Gasteiger partial charge in [0, 0.05) is 25.3 Å². The first-order valence-corrected chi connectivity index (χ1v) is 10.1. The smallest absolute Gasteiger partial charge is 0.244 e. The molecule has 0 unspecified atom stereocenters. The fourth-order valence-electron chi connectivity index (χ4n) is 3.19. The van der Waals surface area contributed by atoms with Gasteiger partial charge in [-0.25, -0.2) is 13.1 Å². The van der Waals surface area contributed by atoms with Gasteiger partial charge in [0.2, 0.25) is 10.0 Å². The maximum absolute atomic E-state index is 12.7. The van der Waals surface area contributed by atoms with Crippen LogP contribution in [0.4, 0.5) is 5.69 Å². The Balaban J connectivity index is 1.79. The molecule has 2 aromatic carbocycles. The number of ether oxygens (including phenoxy) is 1. The van der Waals surface area contributed by atoms with Gasteiger partial charge in [-0.05, 0) is 43.0 Å². The number of rotatable bonds is 6. The number of sulfonamides is 1. The third-order valence-electron chi connectivity index (χ3n) is 4.50. The van der Waals surface area contributed by atoms with Crippen LogP contribution >= 0.6 is 0 Å². The Morgan fingerprint density at radius 3 is 2.44 bits per heavy atom. The zero-order valence-corrected chi connectivity index (χ0v) is 15.3. The predicted octanol–water partition coefficient (Wildman–Crippen LogP) is 3.16. The number of benzene rings is 2. The van der Waals surface area contributed by atoms with Crippen LogP contribution in [-0.2, 0) is 16.6 Å². The molecule has 0 aliphatic carbocycles. The van der Waals surface area contributed by atoms with E-state index in [9.17, 15) is 8.42 Å². The van der Waals surface area contributed by atoms with E-state index in [1.54, 1.807) is 24.3 Å². The molecule has 5 nitrogen and oxygen atoms in total. The van der Waals surface area contributed by atoms with Gasteiger partial charge < -0.3 is 9.64 Å². The van der Waals surface area contributed by atoms with Gasteiger partial charge in [0.15, 0.2) is 0 Å². The van der Waals surface area contributed by atoms with Gasteiger partial charge in [-0.1, -0.05) is 30.3 Å². The van der Waals surface area contributed by atoms with Crippen molar-refractivity contribution >= 4 is 15.7 Å². The van der Waals surface area contributed by atoms with Crippen LogP contribution in [0.3, 0.4) is 0 Å². The van der Waals surface area contributed by atoms with Crippen molar-refractivity contribution in [2.24, 2.45) is 0 Å². The Hall–Kier alpha value is -2.05. The van der Waals surface area contributed by atoms with Crippen LogP contribution in [0.5, 0.6) is 5.75 Å². The number of para-hydroxylation sites is 2. The van der Waals surface area contributed by atoms with Crippen LogP contribution in [0.15, 0.2) is 53.4 Å². The van der Waals surface area contributed by atoms with E-state index in [0.717, 1.165) is 24.3 Å². The summed E-state index contributed by atoms with van der Waals surface area (Å²) < 4.78 is 33.2. The second kappa shape index (κ2) is 7.89. The maximum Gasteiger partial charge on any atom is 0.244 e. The van der Waals surface area contributed by atoms with E-state index in [1.807, 2.05) is 18.2 Å². The number of nitrogens with one attached hydrogen (secondary N) is 1. The first-order chi connectivity index (χ1) is 12.1. The third-order valence-corrected chi connectivity index (χ3v) is 5.94. The lowest BCUT2D eigenvalue weighted by Gasteiger charge is -2.30. The quantitative estimate of drug-likeness (QED) is 0.860. The predicted molar refractivity (Wildman–Crippen MR) is 99.5 cm³/mol. The monoisotopic (exact) mass is 360 g/mol. The molecule has 2 aromatic rings. The summed E-state index contributed by atoms with van der Waals surface area (Å²) in [5.41, 5.74) is 2.10. The van der Waals surface area contributed by atoms with E-state index < -0.39 is 10.0 Å². The van der Waals surface area contributed by atoms with Gasteiger partial charge in [0.25, 0.3) is 0 Å². The number of methoxy groups -OCH3 is 1. The second-order valence-corrected chi connectivity index (χ2v) is 7.89. The van der Waals surface area contributed by atoms with E-state index in [0.29, 0.717) is 5.75 Å². The normalized spacial score (nSPS) is 15.2. The summed E-state index contributed by atoms with van der Waals surface area (Å²) in [7, 11) is -2.17. The van der Waals surface area contributed by atoms with Gasteiger partial charge in [-0.3, -0.25) is 0 Å². The van der Waals surface area contributed by atoms with Crippen LogP contribution in [0.2, 0.25) is 0 Å². The molecule has 0 saturated carbocycles. The van der Waals surface area contributed by atoms with Crippen LogP contribution in [-0.4, -0.2) is 28.6 Å². The minimum absolute atomic E-state index is 0.160. The summed E-state index contributed by atoms with van der Waals surface area (Å²) in [5.74, 6) is 0.347. The average molecular weight is 360 g/mol. The molecule has 1 aliphatic rings. The molecule has 1 heterocycles. The molecular weight excluding hydrogens is 336 g/mol. The SMILES string of the molecule is COc1ccccc1S(=O)(=O)NCc1ccccc1N1CCCCC1. The van der Waals surface area contributed by atoms with Crippen molar-refractivity contribution in [3.63, 3.8) is 0 Å². The summed E-state index contributed by atoms with van der Waals surface area (Å²) in [5, 5.41) is 0. The number of anilines is 1. The summed E-state index contributed by atoms with van der Waals surface area (Å²) in [6.07, 6.45) is 3.63. The minimum atomic E-state index is -3.64. The van der Waals surface area contributed by atoms with E-state index in [1.165, 1.54) is 26.4 Å². The lowest BCUT2D eigenvalue weighted by atomic mass is 10.1. The average Bonchev–Trinajstić information content (AvgIpc) is 2.67. The largest absolute Gasteiger partial charge is 0.495 e. The van der Waals surface area contributed by atoms with Crippen LogP contribution < -0.4 is 14.4 Å². The first-order valence-electron chi connectivity index (χ1n) is 8.57. The Morgan fingerprint density at radius 1 is 1.00 bits per heavy atom. The van der Waals surface area contributed by atoms with E-state index >= 15 is 0 Å². The molecule has 1 saturated heterocycles. The first kappa shape index (κ1) is 17.8. The molecule has 0 spiro atoms. The van der Waals surface area contributed by atoms with Crippen molar-refractivity contribution in [1.29, 1.82) is 0 Å². The van der Waals surface area contributed by atoms with Gasteiger partial charge in [0.1, 0.15) is 10.6 Å². The maximum atomic E-state index is 12.7. The van der Waals surface area contributed by atoms with Crippen molar-refractivity contribution < 1.29 is 13.2 Å². The summed E-state index contributed by atoms with van der Waals surface area (Å²) in [6, 6.07) is 14.6. The summed E-state index contributed by atoms with van der Waals surface area (Å²) >= 11 is 0. The van der Waals surface area contributed by atoms with Crippen molar-refractivity contribution in [2.45, 2.75) is 30.7 Å². The number of piperidine rings is 1. The highest BCUT2D eigenvalue weighted by molar-refractivity contribution is 7.89. The molecule has 1 N–H and O–H groups in total. The third kappa shape index (κ3) is 4.14. The summed E-state index contributed by atoms with van der Waals surface area (Å²) in [4.78, 5) is 2.50. The standard InChI is InChI=1S/C19H24N2O3S/c1-24-18-11-5-6-12-19(18)25(22,23)20-15-16-9-3-4-10-17(16)21-13-7-2-8-14-21/h3-6,9-12,20H,2,7-8,13-15H2,1H3. The van der Waals surface area contributed by atoms with Crippen LogP contribution in [0.1, 0.15) is 24.8 Å². The fourth-order valence-corrected chi connectivity index (χ4v) is 4.37. The van der Waals surface area contributed by atoms with E-state index in [-0.39, 0.29) is 11.4 Å². The van der Waals surface area contributed by atoms with Gasteiger partial charge in [-0.2, -0.15) is 0 Å². The molecule has 0 aromatic heterocycles.